The smallest absolute Gasteiger partial charge is 0.317 e. The molecule has 1 atom stereocenters. The molecular formula is C15H20N4O3. The first-order valence-corrected chi connectivity index (χ1v) is 7.38. The van der Waals surface area contributed by atoms with Crippen LogP contribution < -0.4 is 15.5 Å². The molecule has 7 nitrogen and oxygen atoms in total. The van der Waals surface area contributed by atoms with Gasteiger partial charge < -0.3 is 19.7 Å². The van der Waals surface area contributed by atoms with Crippen molar-refractivity contribution in [1.82, 2.24) is 15.6 Å². The van der Waals surface area contributed by atoms with Crippen molar-refractivity contribution in [2.75, 3.05) is 33.4 Å². The van der Waals surface area contributed by atoms with E-state index < -0.39 is 0 Å². The van der Waals surface area contributed by atoms with Crippen LogP contribution in [-0.4, -0.2) is 50.2 Å². The molecule has 1 unspecified atom stereocenters. The first-order chi connectivity index (χ1) is 10.8. The van der Waals surface area contributed by atoms with Crippen molar-refractivity contribution in [2.45, 2.75) is 12.5 Å². The van der Waals surface area contributed by atoms with E-state index in [0.29, 0.717) is 32.0 Å². The molecule has 1 saturated heterocycles. The van der Waals surface area contributed by atoms with Crippen molar-refractivity contribution >= 4 is 11.9 Å². The molecule has 0 spiro atoms. The molecule has 2 N–H and O–H groups in total. The summed E-state index contributed by atoms with van der Waals surface area (Å²) in [6.07, 6.45) is 0.673. The van der Waals surface area contributed by atoms with Crippen molar-refractivity contribution in [3.05, 3.63) is 29.8 Å². The molecule has 118 valence electrons. The minimum Gasteiger partial charge on any atom is -0.496 e. The number of ether oxygens (including phenoxy) is 2. The zero-order valence-electron chi connectivity index (χ0n) is 12.5. The van der Waals surface area contributed by atoms with Crippen molar-refractivity contribution in [2.24, 2.45) is 5.10 Å². The fraction of sp³-hybridized carbons (Fsp3) is 0.467. The molecule has 22 heavy (non-hydrogen) atoms. The molecule has 3 rings (SSSR count). The minimum atomic E-state index is -0.0259. The largest absolute Gasteiger partial charge is 0.496 e. The molecule has 1 fully saturated rings. The number of methoxy groups -OCH3 is 1. The Morgan fingerprint density at radius 1 is 1.41 bits per heavy atom. The maximum absolute atomic E-state index is 11.4. The molecule has 2 heterocycles. The SMILES string of the molecule is COc1ccccc1C1CC(OCCN2CCNC2=O)=NN1. The van der Waals surface area contributed by atoms with Crippen LogP contribution in [0.1, 0.15) is 18.0 Å². The van der Waals surface area contributed by atoms with Gasteiger partial charge in [0.15, 0.2) is 0 Å². The van der Waals surface area contributed by atoms with Gasteiger partial charge in [-0.05, 0) is 6.07 Å². The normalized spacial score (nSPS) is 20.4. The van der Waals surface area contributed by atoms with Crippen LogP contribution in [0, 0.1) is 0 Å². The maximum Gasteiger partial charge on any atom is 0.317 e. The number of carbonyl (C=O) groups excluding carboxylic acids is 1. The second-order valence-electron chi connectivity index (χ2n) is 5.20. The second-order valence-corrected chi connectivity index (χ2v) is 5.20. The van der Waals surface area contributed by atoms with E-state index >= 15 is 0 Å². The number of hydrogen-bond acceptors (Lipinski definition) is 5. The van der Waals surface area contributed by atoms with Gasteiger partial charge in [-0.1, -0.05) is 18.2 Å². The van der Waals surface area contributed by atoms with Crippen LogP contribution in [-0.2, 0) is 4.74 Å². The summed E-state index contributed by atoms with van der Waals surface area (Å²) in [4.78, 5) is 13.1. The number of nitrogens with one attached hydrogen (secondary N) is 2. The molecule has 0 aromatic heterocycles. The summed E-state index contributed by atoms with van der Waals surface area (Å²) in [5.74, 6) is 1.50. The van der Waals surface area contributed by atoms with E-state index in [1.54, 1.807) is 12.0 Å². The highest BCUT2D eigenvalue weighted by molar-refractivity contribution is 5.79. The van der Waals surface area contributed by atoms with Gasteiger partial charge in [-0.25, -0.2) is 4.79 Å². The van der Waals surface area contributed by atoms with Crippen LogP contribution in [0.3, 0.4) is 0 Å². The van der Waals surface area contributed by atoms with E-state index in [-0.39, 0.29) is 12.1 Å². The van der Waals surface area contributed by atoms with Gasteiger partial charge in [0.25, 0.3) is 0 Å². The number of hydrazone groups is 1. The topological polar surface area (TPSA) is 75.2 Å². The van der Waals surface area contributed by atoms with E-state index in [1.165, 1.54) is 0 Å². The number of hydrogen-bond donors (Lipinski definition) is 2. The van der Waals surface area contributed by atoms with Crippen LogP contribution in [0.4, 0.5) is 4.79 Å². The van der Waals surface area contributed by atoms with Crippen LogP contribution in [0.5, 0.6) is 5.75 Å². The molecule has 2 aliphatic heterocycles. The summed E-state index contributed by atoms with van der Waals surface area (Å²) >= 11 is 0. The Hall–Kier alpha value is -2.44. The first-order valence-electron chi connectivity index (χ1n) is 7.38. The van der Waals surface area contributed by atoms with Gasteiger partial charge in [0, 0.05) is 18.7 Å². The van der Waals surface area contributed by atoms with Gasteiger partial charge in [0.05, 0.1) is 26.1 Å². The molecule has 2 aliphatic rings. The Morgan fingerprint density at radius 2 is 2.27 bits per heavy atom. The standard InChI is InChI=1S/C15H20N4O3/c1-21-13-5-3-2-4-11(13)12-10-14(18-17-12)22-9-8-19-7-6-16-15(19)20/h2-5,12,17H,6-10H2,1H3,(H,16,20). The van der Waals surface area contributed by atoms with Gasteiger partial charge in [-0.2, -0.15) is 0 Å². The third kappa shape index (κ3) is 3.08. The van der Waals surface area contributed by atoms with E-state index in [0.717, 1.165) is 17.9 Å². The summed E-state index contributed by atoms with van der Waals surface area (Å²) in [5, 5.41) is 6.99. The van der Waals surface area contributed by atoms with Gasteiger partial charge in [0.1, 0.15) is 12.4 Å². The molecule has 7 heteroatoms. The van der Waals surface area contributed by atoms with Crippen molar-refractivity contribution < 1.29 is 14.3 Å². The van der Waals surface area contributed by atoms with Gasteiger partial charge in [-0.15, -0.1) is 5.10 Å². The molecule has 0 radical (unpaired) electrons. The van der Waals surface area contributed by atoms with E-state index in [4.69, 9.17) is 9.47 Å². The highest BCUT2D eigenvalue weighted by Crippen LogP contribution is 2.29. The molecule has 1 aromatic carbocycles. The van der Waals surface area contributed by atoms with E-state index in [2.05, 4.69) is 15.8 Å². The van der Waals surface area contributed by atoms with Gasteiger partial charge in [-0.3, -0.25) is 5.43 Å². The Morgan fingerprint density at radius 3 is 3.05 bits per heavy atom. The quantitative estimate of drug-likeness (QED) is 0.854. The number of amides is 2. The number of rotatable bonds is 5. The van der Waals surface area contributed by atoms with Crippen LogP contribution >= 0.6 is 0 Å². The average Bonchev–Trinajstić information content (AvgIpc) is 3.17. The predicted molar refractivity (Wildman–Crippen MR) is 81.8 cm³/mol. The number of para-hydroxylation sites is 1. The Bertz CT molecular complexity index is 576. The molecule has 1 aromatic rings. The zero-order valence-corrected chi connectivity index (χ0v) is 12.5. The minimum absolute atomic E-state index is 0.0259. The lowest BCUT2D eigenvalue weighted by atomic mass is 10.0. The predicted octanol–water partition coefficient (Wildman–Crippen LogP) is 1.08. The average molecular weight is 304 g/mol. The highest BCUT2D eigenvalue weighted by Gasteiger charge is 2.24. The molecule has 0 bridgehead atoms. The van der Waals surface area contributed by atoms with Crippen molar-refractivity contribution in [1.29, 1.82) is 0 Å². The van der Waals surface area contributed by atoms with Crippen LogP contribution in [0.15, 0.2) is 29.4 Å². The summed E-state index contributed by atoms with van der Waals surface area (Å²) < 4.78 is 11.0. The fourth-order valence-corrected chi connectivity index (χ4v) is 2.64. The lowest BCUT2D eigenvalue weighted by Gasteiger charge is -2.15. The number of benzene rings is 1. The number of urea groups is 1. The highest BCUT2D eigenvalue weighted by atomic mass is 16.5. The van der Waals surface area contributed by atoms with E-state index in [9.17, 15) is 4.79 Å². The Labute approximate surface area is 129 Å². The fourth-order valence-electron chi connectivity index (χ4n) is 2.64. The van der Waals surface area contributed by atoms with Crippen LogP contribution in [0.2, 0.25) is 0 Å². The molecule has 0 aliphatic carbocycles. The second kappa shape index (κ2) is 6.55. The van der Waals surface area contributed by atoms with Gasteiger partial charge >= 0.3 is 6.03 Å². The monoisotopic (exact) mass is 304 g/mol. The zero-order chi connectivity index (χ0) is 15.4. The Kier molecular flexibility index (Phi) is 4.32. The summed E-state index contributed by atoms with van der Waals surface area (Å²) in [7, 11) is 1.66. The number of carbonyl (C=O) groups is 1. The molecule has 2 amide bonds. The van der Waals surface area contributed by atoms with Gasteiger partial charge in [0.2, 0.25) is 5.90 Å². The van der Waals surface area contributed by atoms with E-state index in [1.807, 2.05) is 24.3 Å². The first kappa shape index (κ1) is 14.5. The van der Waals surface area contributed by atoms with Crippen molar-refractivity contribution in [3.8, 4) is 5.75 Å². The summed E-state index contributed by atoms with van der Waals surface area (Å²) in [6, 6.07) is 7.90. The van der Waals surface area contributed by atoms with Crippen molar-refractivity contribution in [3.63, 3.8) is 0 Å². The maximum atomic E-state index is 11.4. The number of nitrogens with zero attached hydrogens (tertiary/aromatic N) is 2. The van der Waals surface area contributed by atoms with Crippen LogP contribution in [0.25, 0.3) is 0 Å². The lowest BCUT2D eigenvalue weighted by molar-refractivity contribution is 0.199. The Balaban J connectivity index is 1.48. The third-order valence-electron chi connectivity index (χ3n) is 3.81. The third-order valence-corrected chi connectivity index (χ3v) is 3.81. The summed E-state index contributed by atoms with van der Waals surface area (Å²) in [6.45, 7) is 2.46. The molecule has 0 saturated carbocycles. The summed E-state index contributed by atoms with van der Waals surface area (Å²) in [5.41, 5.74) is 4.14. The lowest BCUT2D eigenvalue weighted by Crippen LogP contribution is -2.31. The molecular weight excluding hydrogens is 284 g/mol.